The molecule has 154 valence electrons. The molecule has 1 N–H and O–H groups in total. The predicted octanol–water partition coefficient (Wildman–Crippen LogP) is 3.70. The van der Waals surface area contributed by atoms with E-state index in [-0.39, 0.29) is 10.6 Å². The van der Waals surface area contributed by atoms with Crippen molar-refractivity contribution in [1.82, 2.24) is 5.43 Å². The summed E-state index contributed by atoms with van der Waals surface area (Å²) in [6.07, 6.45) is 3.83. The van der Waals surface area contributed by atoms with E-state index in [0.717, 1.165) is 35.7 Å². The van der Waals surface area contributed by atoms with Crippen LogP contribution in [0.4, 0.5) is 5.69 Å². The lowest BCUT2D eigenvalue weighted by Gasteiger charge is -2.24. The lowest BCUT2D eigenvalue weighted by molar-refractivity contribution is -0.119. The zero-order valence-electron chi connectivity index (χ0n) is 16.0. The minimum Gasteiger partial charge on any atom is -0.495 e. The number of benzene rings is 2. The minimum absolute atomic E-state index is 0.0341. The smallest absolute Gasteiger partial charge is 0.268 e. The van der Waals surface area contributed by atoms with Gasteiger partial charge in [-0.25, -0.2) is 13.8 Å². The normalized spacial score (nSPS) is 13.8. The van der Waals surface area contributed by atoms with Gasteiger partial charge in [0.1, 0.15) is 17.2 Å². The number of anilines is 1. The number of ether oxygens (including phenoxy) is 1. The molecule has 1 amide bonds. The summed E-state index contributed by atoms with van der Waals surface area (Å²) in [4.78, 5) is 12.5. The van der Waals surface area contributed by atoms with Crippen molar-refractivity contribution in [2.24, 2.45) is 5.10 Å². The van der Waals surface area contributed by atoms with E-state index in [9.17, 15) is 13.2 Å². The van der Waals surface area contributed by atoms with Gasteiger partial charge in [0, 0.05) is 10.2 Å². The van der Waals surface area contributed by atoms with Crippen molar-refractivity contribution >= 4 is 43.3 Å². The molecular weight excluding hydrogens is 458 g/mol. The second kappa shape index (κ2) is 9.41. The van der Waals surface area contributed by atoms with Crippen molar-refractivity contribution in [2.45, 2.75) is 30.6 Å². The molecule has 1 saturated carbocycles. The van der Waals surface area contributed by atoms with Gasteiger partial charge in [0.2, 0.25) is 0 Å². The number of sulfonamides is 1. The summed E-state index contributed by atoms with van der Waals surface area (Å²) in [6, 6.07) is 13.2. The molecule has 7 nitrogen and oxygen atoms in total. The molecule has 0 heterocycles. The molecule has 0 aliphatic heterocycles. The number of halogens is 1. The zero-order valence-corrected chi connectivity index (χ0v) is 18.4. The molecule has 0 unspecified atom stereocenters. The molecule has 1 fully saturated rings. The maximum atomic E-state index is 13.5. The van der Waals surface area contributed by atoms with Gasteiger partial charge in [-0.3, -0.25) is 9.10 Å². The molecule has 0 bridgehead atoms. The number of hydrogen-bond acceptors (Lipinski definition) is 5. The van der Waals surface area contributed by atoms with Crippen LogP contribution in [0.2, 0.25) is 0 Å². The molecule has 1 aliphatic rings. The Labute approximate surface area is 178 Å². The van der Waals surface area contributed by atoms with Gasteiger partial charge >= 0.3 is 0 Å². The molecule has 0 spiro atoms. The Morgan fingerprint density at radius 3 is 2.52 bits per heavy atom. The lowest BCUT2D eigenvalue weighted by Crippen LogP contribution is -2.39. The third kappa shape index (κ3) is 5.16. The number of nitrogens with one attached hydrogen (secondary N) is 1. The van der Waals surface area contributed by atoms with E-state index in [1.54, 1.807) is 42.5 Å². The highest BCUT2D eigenvalue weighted by molar-refractivity contribution is 9.10. The number of nitrogens with zero attached hydrogens (tertiary/aromatic N) is 2. The monoisotopic (exact) mass is 479 g/mol. The highest BCUT2D eigenvalue weighted by Crippen LogP contribution is 2.32. The van der Waals surface area contributed by atoms with E-state index in [1.165, 1.54) is 13.2 Å². The van der Waals surface area contributed by atoms with Gasteiger partial charge in [0.25, 0.3) is 15.9 Å². The summed E-state index contributed by atoms with van der Waals surface area (Å²) in [5, 5.41) is 4.14. The maximum absolute atomic E-state index is 13.5. The number of amides is 1. The van der Waals surface area contributed by atoms with E-state index < -0.39 is 22.5 Å². The highest BCUT2D eigenvalue weighted by Gasteiger charge is 2.30. The molecule has 0 aromatic heterocycles. The lowest BCUT2D eigenvalue weighted by atomic mass is 10.3. The van der Waals surface area contributed by atoms with Crippen LogP contribution in [0.15, 0.2) is 63.0 Å². The first-order valence-electron chi connectivity index (χ1n) is 9.17. The van der Waals surface area contributed by atoms with Crippen LogP contribution >= 0.6 is 15.9 Å². The van der Waals surface area contributed by atoms with Crippen LogP contribution in [0.3, 0.4) is 0 Å². The summed E-state index contributed by atoms with van der Waals surface area (Å²) in [5.41, 5.74) is 3.80. The van der Waals surface area contributed by atoms with Crippen LogP contribution in [-0.2, 0) is 14.8 Å². The second-order valence-electron chi connectivity index (χ2n) is 6.56. The Balaban J connectivity index is 1.94. The first kappa shape index (κ1) is 21.3. The summed E-state index contributed by atoms with van der Waals surface area (Å²) >= 11 is 3.30. The Bertz CT molecular complexity index is 1000. The van der Waals surface area contributed by atoms with Crippen molar-refractivity contribution in [2.75, 3.05) is 18.0 Å². The number of hydrogen-bond donors (Lipinski definition) is 1. The van der Waals surface area contributed by atoms with Crippen LogP contribution in [0.1, 0.15) is 25.7 Å². The Morgan fingerprint density at radius 1 is 1.17 bits per heavy atom. The Kier molecular flexibility index (Phi) is 6.92. The van der Waals surface area contributed by atoms with Crippen molar-refractivity contribution in [3.8, 4) is 5.75 Å². The van der Waals surface area contributed by atoms with Crippen LogP contribution < -0.4 is 14.5 Å². The predicted molar refractivity (Wildman–Crippen MR) is 116 cm³/mol. The van der Waals surface area contributed by atoms with Crippen molar-refractivity contribution < 1.29 is 17.9 Å². The van der Waals surface area contributed by atoms with Crippen molar-refractivity contribution in [1.29, 1.82) is 0 Å². The SMILES string of the molecule is COc1ccc(Br)cc1S(=O)(=O)N(CC(=O)NN=C1CCCC1)c1ccccc1. The molecule has 2 aromatic carbocycles. The fourth-order valence-corrected chi connectivity index (χ4v) is 5.20. The fourth-order valence-electron chi connectivity index (χ4n) is 3.08. The Hall–Kier alpha value is -2.39. The third-order valence-corrected chi connectivity index (χ3v) is 6.83. The van der Waals surface area contributed by atoms with Gasteiger partial charge in [0.05, 0.1) is 12.8 Å². The maximum Gasteiger partial charge on any atom is 0.268 e. The first-order valence-corrected chi connectivity index (χ1v) is 11.4. The Morgan fingerprint density at radius 2 is 1.86 bits per heavy atom. The standard InChI is InChI=1S/C20H22BrN3O4S/c1-28-18-12-11-15(21)13-19(18)29(26,27)24(17-9-3-2-4-10-17)14-20(25)23-22-16-7-5-6-8-16/h2-4,9-13H,5-8,14H2,1H3,(H,23,25). The van der Waals surface area contributed by atoms with E-state index in [1.807, 2.05) is 0 Å². The van der Waals surface area contributed by atoms with Crippen LogP contribution in [0, 0.1) is 0 Å². The summed E-state index contributed by atoms with van der Waals surface area (Å²) in [5.74, 6) is -0.313. The molecule has 3 rings (SSSR count). The van der Waals surface area contributed by atoms with E-state index in [0.29, 0.717) is 10.2 Å². The van der Waals surface area contributed by atoms with Gasteiger partial charge in [-0.2, -0.15) is 5.10 Å². The fraction of sp³-hybridized carbons (Fsp3) is 0.300. The highest BCUT2D eigenvalue weighted by atomic mass is 79.9. The van der Waals surface area contributed by atoms with Crippen LogP contribution in [-0.4, -0.2) is 33.7 Å². The van der Waals surface area contributed by atoms with E-state index in [4.69, 9.17) is 4.74 Å². The quantitative estimate of drug-likeness (QED) is 0.613. The molecular formula is C20H22BrN3O4S. The van der Waals surface area contributed by atoms with Crippen molar-refractivity contribution in [3.05, 3.63) is 53.0 Å². The van der Waals surface area contributed by atoms with Crippen LogP contribution in [0.5, 0.6) is 5.75 Å². The topological polar surface area (TPSA) is 88.1 Å². The number of methoxy groups -OCH3 is 1. The summed E-state index contributed by atoms with van der Waals surface area (Å²) in [6.45, 7) is -0.404. The van der Waals surface area contributed by atoms with Crippen molar-refractivity contribution in [3.63, 3.8) is 0 Å². The van der Waals surface area contributed by atoms with Gasteiger partial charge in [-0.1, -0.05) is 34.1 Å². The first-order chi connectivity index (χ1) is 13.9. The average molecular weight is 480 g/mol. The van der Waals surface area contributed by atoms with Gasteiger partial charge < -0.3 is 4.74 Å². The largest absolute Gasteiger partial charge is 0.495 e. The van der Waals surface area contributed by atoms with Crippen LogP contribution in [0.25, 0.3) is 0 Å². The zero-order chi connectivity index (χ0) is 20.9. The number of carbonyl (C=O) groups excluding carboxylic acids is 1. The third-order valence-electron chi connectivity index (χ3n) is 4.54. The number of para-hydroxylation sites is 1. The van der Waals surface area contributed by atoms with Gasteiger partial charge in [-0.15, -0.1) is 0 Å². The molecule has 0 atom stereocenters. The number of carbonyl (C=O) groups is 1. The molecule has 9 heteroatoms. The average Bonchev–Trinajstić information content (AvgIpc) is 3.24. The number of hydrazone groups is 1. The second-order valence-corrected chi connectivity index (χ2v) is 9.31. The molecule has 0 saturated heterocycles. The summed E-state index contributed by atoms with van der Waals surface area (Å²) < 4.78 is 33.8. The molecule has 0 radical (unpaired) electrons. The van der Waals surface area contributed by atoms with Gasteiger partial charge in [0.15, 0.2) is 0 Å². The molecule has 2 aromatic rings. The minimum atomic E-state index is -4.08. The van der Waals surface area contributed by atoms with E-state index >= 15 is 0 Å². The molecule has 29 heavy (non-hydrogen) atoms. The number of rotatable bonds is 7. The van der Waals surface area contributed by atoms with Gasteiger partial charge in [-0.05, 0) is 56.0 Å². The van der Waals surface area contributed by atoms with E-state index in [2.05, 4.69) is 26.5 Å². The molecule has 1 aliphatic carbocycles. The summed E-state index contributed by atoms with van der Waals surface area (Å²) in [7, 11) is -2.68.